The van der Waals surface area contributed by atoms with Crippen LogP contribution in [0, 0.1) is 11.6 Å². The molecule has 110 valence electrons. The summed E-state index contributed by atoms with van der Waals surface area (Å²) in [5.41, 5.74) is 1.65. The van der Waals surface area contributed by atoms with E-state index in [0.717, 1.165) is 32.2 Å². The van der Waals surface area contributed by atoms with Gasteiger partial charge < -0.3 is 5.32 Å². The summed E-state index contributed by atoms with van der Waals surface area (Å²) in [6.07, 6.45) is 8.73. The molecular formula is C17H23F2N. The van der Waals surface area contributed by atoms with E-state index in [0.29, 0.717) is 5.56 Å². The van der Waals surface area contributed by atoms with E-state index in [4.69, 9.17) is 0 Å². The summed E-state index contributed by atoms with van der Waals surface area (Å²) in [7, 11) is 0. The van der Waals surface area contributed by atoms with Gasteiger partial charge in [0.2, 0.25) is 0 Å². The zero-order valence-corrected chi connectivity index (χ0v) is 12.1. The molecule has 0 spiro atoms. The molecule has 0 amide bonds. The Bertz CT molecular complexity index is 468. The van der Waals surface area contributed by atoms with Crippen molar-refractivity contribution in [2.45, 2.75) is 51.5 Å². The third-order valence-corrected chi connectivity index (χ3v) is 3.81. The van der Waals surface area contributed by atoms with Gasteiger partial charge in [-0.15, -0.1) is 0 Å². The normalized spacial score (nSPS) is 17.4. The molecule has 0 saturated heterocycles. The highest BCUT2D eigenvalue weighted by Crippen LogP contribution is 2.31. The van der Waals surface area contributed by atoms with Crippen LogP contribution in [-0.4, -0.2) is 6.54 Å². The van der Waals surface area contributed by atoms with Crippen LogP contribution in [0.15, 0.2) is 29.8 Å². The quantitative estimate of drug-likeness (QED) is 0.756. The van der Waals surface area contributed by atoms with Crippen molar-refractivity contribution < 1.29 is 8.78 Å². The van der Waals surface area contributed by atoms with Crippen molar-refractivity contribution in [3.05, 3.63) is 47.0 Å². The number of halogens is 2. The Hall–Kier alpha value is -1.22. The van der Waals surface area contributed by atoms with Crippen molar-refractivity contribution in [3.63, 3.8) is 0 Å². The fourth-order valence-electron chi connectivity index (χ4n) is 2.77. The zero-order chi connectivity index (χ0) is 14.4. The van der Waals surface area contributed by atoms with Crippen LogP contribution in [0.5, 0.6) is 0 Å². The molecule has 0 aromatic heterocycles. The number of hydrogen-bond donors (Lipinski definition) is 1. The number of hydrogen-bond acceptors (Lipinski definition) is 1. The SMILES string of the molecule is CCCNC(C1=CCCCCC1)c1cc(F)ccc1F. The molecule has 0 fully saturated rings. The van der Waals surface area contributed by atoms with E-state index in [1.165, 1.54) is 36.6 Å². The first-order valence-electron chi connectivity index (χ1n) is 7.59. The number of allylic oxidation sites excluding steroid dienone is 1. The van der Waals surface area contributed by atoms with Crippen LogP contribution < -0.4 is 5.32 Å². The van der Waals surface area contributed by atoms with Crippen LogP contribution in [0.2, 0.25) is 0 Å². The molecule has 20 heavy (non-hydrogen) atoms. The summed E-state index contributed by atoms with van der Waals surface area (Å²) >= 11 is 0. The lowest BCUT2D eigenvalue weighted by Crippen LogP contribution is -2.25. The Labute approximate surface area is 120 Å². The van der Waals surface area contributed by atoms with Gasteiger partial charge in [0, 0.05) is 5.56 Å². The first-order valence-corrected chi connectivity index (χ1v) is 7.59. The molecule has 0 heterocycles. The smallest absolute Gasteiger partial charge is 0.128 e. The van der Waals surface area contributed by atoms with Crippen LogP contribution in [0.25, 0.3) is 0 Å². The highest BCUT2D eigenvalue weighted by molar-refractivity contribution is 5.30. The van der Waals surface area contributed by atoms with Crippen LogP contribution in [0.3, 0.4) is 0 Å². The summed E-state index contributed by atoms with van der Waals surface area (Å²) in [5.74, 6) is -0.705. The number of benzene rings is 1. The van der Waals surface area contributed by atoms with Crippen molar-refractivity contribution in [2.75, 3.05) is 6.54 Å². The van der Waals surface area contributed by atoms with Gasteiger partial charge in [0.25, 0.3) is 0 Å². The zero-order valence-electron chi connectivity index (χ0n) is 12.1. The van der Waals surface area contributed by atoms with E-state index in [1.54, 1.807) is 0 Å². The summed E-state index contributed by atoms with van der Waals surface area (Å²) in [6, 6.07) is 3.54. The van der Waals surface area contributed by atoms with E-state index in [1.807, 2.05) is 0 Å². The summed E-state index contributed by atoms with van der Waals surface area (Å²) in [5, 5.41) is 3.38. The fourth-order valence-corrected chi connectivity index (χ4v) is 2.77. The van der Waals surface area contributed by atoms with Gasteiger partial charge >= 0.3 is 0 Å². The maximum atomic E-state index is 14.1. The van der Waals surface area contributed by atoms with Gasteiger partial charge in [-0.05, 0) is 56.8 Å². The third kappa shape index (κ3) is 3.89. The van der Waals surface area contributed by atoms with E-state index in [2.05, 4.69) is 18.3 Å². The second-order valence-corrected chi connectivity index (χ2v) is 5.43. The van der Waals surface area contributed by atoms with Crippen LogP contribution in [0.4, 0.5) is 8.78 Å². The fraction of sp³-hybridized carbons (Fsp3) is 0.529. The Morgan fingerprint density at radius 3 is 2.85 bits per heavy atom. The van der Waals surface area contributed by atoms with Crippen LogP contribution in [-0.2, 0) is 0 Å². The summed E-state index contributed by atoms with van der Waals surface area (Å²) < 4.78 is 27.5. The van der Waals surface area contributed by atoms with E-state index < -0.39 is 0 Å². The molecule has 0 radical (unpaired) electrons. The highest BCUT2D eigenvalue weighted by Gasteiger charge is 2.20. The molecule has 1 aromatic rings. The van der Waals surface area contributed by atoms with Crippen LogP contribution >= 0.6 is 0 Å². The van der Waals surface area contributed by atoms with Crippen molar-refractivity contribution in [2.24, 2.45) is 0 Å². The Morgan fingerprint density at radius 1 is 1.20 bits per heavy atom. The third-order valence-electron chi connectivity index (χ3n) is 3.81. The van der Waals surface area contributed by atoms with Gasteiger partial charge in [-0.25, -0.2) is 8.78 Å². The highest BCUT2D eigenvalue weighted by atomic mass is 19.1. The predicted molar refractivity (Wildman–Crippen MR) is 78.6 cm³/mol. The average molecular weight is 279 g/mol. The topological polar surface area (TPSA) is 12.0 Å². The minimum Gasteiger partial charge on any atom is -0.306 e. The molecule has 3 heteroatoms. The van der Waals surface area contributed by atoms with Gasteiger partial charge in [-0.2, -0.15) is 0 Å². The van der Waals surface area contributed by atoms with Crippen LogP contribution in [0.1, 0.15) is 57.1 Å². The minimum atomic E-state index is -0.376. The molecule has 1 unspecified atom stereocenters. The Balaban J connectivity index is 2.30. The molecule has 1 aromatic carbocycles. The molecular weight excluding hydrogens is 256 g/mol. The maximum absolute atomic E-state index is 14.1. The molecule has 0 saturated carbocycles. The lowest BCUT2D eigenvalue weighted by Gasteiger charge is -2.23. The minimum absolute atomic E-state index is 0.191. The number of rotatable bonds is 5. The molecule has 1 atom stereocenters. The predicted octanol–water partition coefficient (Wildman–Crippen LogP) is 4.90. The first-order chi connectivity index (χ1) is 9.72. The van der Waals surface area contributed by atoms with Gasteiger partial charge in [-0.1, -0.05) is 25.0 Å². The largest absolute Gasteiger partial charge is 0.306 e. The second-order valence-electron chi connectivity index (χ2n) is 5.43. The van der Waals surface area contributed by atoms with Gasteiger partial charge in [0.05, 0.1) is 6.04 Å². The first kappa shape index (κ1) is 15.2. The summed E-state index contributed by atoms with van der Waals surface area (Å²) in [6.45, 7) is 2.88. The Morgan fingerprint density at radius 2 is 2.05 bits per heavy atom. The van der Waals surface area contributed by atoms with Gasteiger partial charge in [-0.3, -0.25) is 0 Å². The molecule has 1 nitrogen and oxygen atoms in total. The molecule has 2 rings (SSSR count). The molecule has 1 aliphatic rings. The standard InChI is InChI=1S/C17H23F2N/c1-2-11-20-17(13-7-5-3-4-6-8-13)15-12-14(18)9-10-16(15)19/h7,9-10,12,17,20H,2-6,8,11H2,1H3. The lowest BCUT2D eigenvalue weighted by atomic mass is 9.94. The molecule has 0 bridgehead atoms. The van der Waals surface area contributed by atoms with Crippen molar-refractivity contribution >= 4 is 0 Å². The second kappa shape index (κ2) is 7.53. The van der Waals surface area contributed by atoms with Crippen molar-refractivity contribution in [3.8, 4) is 0 Å². The van der Waals surface area contributed by atoms with Crippen molar-refractivity contribution in [1.29, 1.82) is 0 Å². The van der Waals surface area contributed by atoms with Crippen molar-refractivity contribution in [1.82, 2.24) is 5.32 Å². The molecule has 0 aliphatic heterocycles. The van der Waals surface area contributed by atoms with Gasteiger partial charge in [0.1, 0.15) is 11.6 Å². The summed E-state index contributed by atoms with van der Waals surface area (Å²) in [4.78, 5) is 0. The maximum Gasteiger partial charge on any atom is 0.128 e. The van der Waals surface area contributed by atoms with E-state index >= 15 is 0 Å². The van der Waals surface area contributed by atoms with E-state index in [-0.39, 0.29) is 17.7 Å². The Kier molecular flexibility index (Phi) is 5.72. The molecule has 1 aliphatic carbocycles. The van der Waals surface area contributed by atoms with E-state index in [9.17, 15) is 8.78 Å². The van der Waals surface area contributed by atoms with Gasteiger partial charge in [0.15, 0.2) is 0 Å². The lowest BCUT2D eigenvalue weighted by molar-refractivity contribution is 0.519. The number of nitrogens with one attached hydrogen (secondary N) is 1. The molecule has 1 N–H and O–H groups in total. The monoisotopic (exact) mass is 279 g/mol. The average Bonchev–Trinajstić information content (AvgIpc) is 2.72.